The number of aliphatic hydroxyl groups is 1. The van der Waals surface area contributed by atoms with Crippen LogP contribution in [0.3, 0.4) is 0 Å². The molecular weight excluding hydrogens is 674 g/mol. The van der Waals surface area contributed by atoms with Crippen LogP contribution in [0.5, 0.6) is 11.5 Å². The minimum absolute atomic E-state index is 0.0125. The zero-order valence-electron chi connectivity index (χ0n) is 27.7. The van der Waals surface area contributed by atoms with Crippen LogP contribution in [0.1, 0.15) is 61.7 Å². The normalized spacial score (nSPS) is 17.7. The first-order valence-corrected chi connectivity index (χ1v) is 16.7. The predicted octanol–water partition coefficient (Wildman–Crippen LogP) is 2.19. The maximum Gasteiger partial charge on any atom is 0.336 e. The Kier molecular flexibility index (Phi) is 11.6. The molecule has 0 saturated carbocycles. The van der Waals surface area contributed by atoms with Crippen LogP contribution >= 0.6 is 11.8 Å². The van der Waals surface area contributed by atoms with E-state index in [1.807, 2.05) is 0 Å². The molecule has 2 amide bonds. The second-order valence-electron chi connectivity index (χ2n) is 12.7. The number of thioether (sulfide) groups is 1. The Morgan fingerprint density at radius 1 is 1.08 bits per heavy atom. The number of nitrogens with two attached hydrogens (primary N) is 1. The van der Waals surface area contributed by atoms with Gasteiger partial charge in [0.15, 0.2) is 11.4 Å². The molecule has 50 heavy (non-hydrogen) atoms. The molecule has 1 aliphatic rings. The topological polar surface area (TPSA) is 256 Å². The molecule has 16 heteroatoms. The van der Waals surface area contributed by atoms with Crippen molar-refractivity contribution in [1.82, 2.24) is 10.6 Å². The van der Waals surface area contributed by atoms with Crippen molar-refractivity contribution in [2.75, 3.05) is 12.3 Å². The minimum Gasteiger partial charge on any atom is -0.506 e. The number of phenols is 1. The van der Waals surface area contributed by atoms with Crippen LogP contribution in [-0.4, -0.2) is 86.0 Å². The summed E-state index contributed by atoms with van der Waals surface area (Å²) in [4.78, 5) is 75.0. The number of hydrogen-bond acceptors (Lipinski definition) is 12. The van der Waals surface area contributed by atoms with E-state index < -0.39 is 82.4 Å². The maximum absolute atomic E-state index is 13.8. The monoisotopic (exact) mass is 713 g/mol. The van der Waals surface area contributed by atoms with E-state index in [9.17, 15) is 39.0 Å². The molecule has 0 saturated heterocycles. The van der Waals surface area contributed by atoms with Crippen molar-refractivity contribution in [3.05, 3.63) is 57.9 Å². The van der Waals surface area contributed by atoms with E-state index in [1.165, 1.54) is 6.07 Å². The van der Waals surface area contributed by atoms with Crippen molar-refractivity contribution >= 4 is 52.3 Å². The summed E-state index contributed by atoms with van der Waals surface area (Å²) in [5.41, 5.74) is 3.74. The number of carbonyl (C=O) groups excluding carboxylic acids is 3. The highest BCUT2D eigenvalue weighted by molar-refractivity contribution is 7.99. The van der Waals surface area contributed by atoms with Gasteiger partial charge >= 0.3 is 17.6 Å². The Balaban J connectivity index is 1.89. The number of amides is 2. The number of carboxylic acid groups (broad SMARTS) is 2. The summed E-state index contributed by atoms with van der Waals surface area (Å²) < 4.78 is 11.9. The van der Waals surface area contributed by atoms with Gasteiger partial charge in [-0.25, -0.2) is 4.79 Å². The van der Waals surface area contributed by atoms with E-state index in [1.54, 1.807) is 58.0 Å². The third kappa shape index (κ3) is 8.09. The van der Waals surface area contributed by atoms with E-state index in [0.29, 0.717) is 5.56 Å². The lowest BCUT2D eigenvalue weighted by atomic mass is 9.84. The molecule has 0 aliphatic carbocycles. The molecule has 4 rings (SSSR count). The van der Waals surface area contributed by atoms with Crippen LogP contribution in [-0.2, 0) is 19.2 Å². The number of ether oxygens (including phenoxy) is 1. The van der Waals surface area contributed by atoms with Gasteiger partial charge < -0.3 is 45.9 Å². The maximum atomic E-state index is 13.8. The first kappa shape index (κ1) is 37.9. The van der Waals surface area contributed by atoms with Gasteiger partial charge in [0, 0.05) is 29.7 Å². The number of carboxylic acids is 2. The predicted molar refractivity (Wildman–Crippen MR) is 182 cm³/mol. The smallest absolute Gasteiger partial charge is 0.336 e. The summed E-state index contributed by atoms with van der Waals surface area (Å²) in [5.74, 6) is -6.36. The standard InChI is InChI=1S/C34H39N3O12S/c1-15(2)26(42)24-27(43)23-17(16-8-6-5-7-9-16)12-22(41)48-28(23)25-29(24)49-34(3,4)31(44)30(25)50-14-19(32(45)36-13-21(39)40)37-20(38)11-10-18(35)33(46)47/h5-9,12,15,18-19,30-31,43-44H,10-11,13-14,35H2,1-4H3,(H,36,45)(H,37,38)(H,39,40)(H,46,47). The molecule has 1 aromatic heterocycles. The van der Waals surface area contributed by atoms with Crippen molar-refractivity contribution in [3.8, 4) is 22.6 Å². The second-order valence-corrected chi connectivity index (χ2v) is 13.8. The highest BCUT2D eigenvalue weighted by Crippen LogP contribution is 2.55. The summed E-state index contributed by atoms with van der Waals surface area (Å²) in [7, 11) is 0. The number of aliphatic hydroxyl groups excluding tert-OH is 1. The van der Waals surface area contributed by atoms with E-state index in [4.69, 9.17) is 25.1 Å². The molecular formula is C34H39N3O12S. The molecule has 0 fully saturated rings. The minimum atomic E-state index is -1.41. The number of carbonyl (C=O) groups is 5. The summed E-state index contributed by atoms with van der Waals surface area (Å²) in [6, 6.07) is 7.03. The molecule has 0 spiro atoms. The lowest BCUT2D eigenvalue weighted by Gasteiger charge is -2.43. The molecule has 3 aromatic rings. The van der Waals surface area contributed by atoms with Crippen molar-refractivity contribution in [2.24, 2.45) is 11.7 Å². The Labute approximate surface area is 290 Å². The number of benzene rings is 2. The fraction of sp³-hybridized carbons (Fsp3) is 0.412. The molecule has 8 N–H and O–H groups in total. The number of hydrogen-bond donors (Lipinski definition) is 7. The van der Waals surface area contributed by atoms with Gasteiger partial charge in [-0.2, -0.15) is 0 Å². The third-order valence-corrected chi connectivity index (χ3v) is 9.54. The average molecular weight is 714 g/mol. The average Bonchev–Trinajstić information content (AvgIpc) is 3.05. The lowest BCUT2D eigenvalue weighted by molar-refractivity contribution is -0.139. The van der Waals surface area contributed by atoms with E-state index in [2.05, 4.69) is 10.6 Å². The molecule has 268 valence electrons. The molecule has 4 unspecified atom stereocenters. The zero-order valence-corrected chi connectivity index (χ0v) is 28.5. The van der Waals surface area contributed by atoms with Crippen LogP contribution in [0.2, 0.25) is 0 Å². The van der Waals surface area contributed by atoms with Crippen LogP contribution in [0.15, 0.2) is 45.6 Å². The fourth-order valence-electron chi connectivity index (χ4n) is 5.48. The van der Waals surface area contributed by atoms with Gasteiger partial charge in [-0.3, -0.25) is 24.0 Å². The first-order chi connectivity index (χ1) is 23.4. The third-order valence-electron chi connectivity index (χ3n) is 8.16. The van der Waals surface area contributed by atoms with Gasteiger partial charge in [0.25, 0.3) is 0 Å². The Morgan fingerprint density at radius 3 is 2.34 bits per heavy atom. The number of ketones is 1. The number of Topliss-reactive ketones (excluding diaryl/α,β-unsaturated/α-hetero) is 1. The highest BCUT2D eigenvalue weighted by atomic mass is 32.2. The van der Waals surface area contributed by atoms with Gasteiger partial charge in [-0.1, -0.05) is 44.2 Å². The number of phenolic OH excluding ortho intramolecular Hbond substituents is 1. The summed E-state index contributed by atoms with van der Waals surface area (Å²) in [5, 5.41) is 45.2. The SMILES string of the molecule is CC(C)C(=O)c1c2c(c3oc(=O)cc(-c4ccccc4)c3c1O)C(SCC(NC(=O)CCC(N)C(=O)O)C(=O)NCC(=O)O)C(O)C(C)(C)O2. The van der Waals surface area contributed by atoms with Crippen LogP contribution in [0, 0.1) is 5.92 Å². The Bertz CT molecular complexity index is 1870. The molecule has 0 radical (unpaired) electrons. The molecule has 0 bridgehead atoms. The molecule has 15 nitrogen and oxygen atoms in total. The molecule has 4 atom stereocenters. The zero-order chi connectivity index (χ0) is 37.1. The quantitative estimate of drug-likeness (QED) is 0.0934. The number of aliphatic carboxylic acids is 2. The lowest BCUT2D eigenvalue weighted by Crippen LogP contribution is -2.51. The van der Waals surface area contributed by atoms with E-state index >= 15 is 0 Å². The van der Waals surface area contributed by atoms with Gasteiger partial charge in [-0.05, 0) is 25.8 Å². The van der Waals surface area contributed by atoms with Crippen molar-refractivity contribution in [3.63, 3.8) is 0 Å². The van der Waals surface area contributed by atoms with Crippen molar-refractivity contribution in [2.45, 2.75) is 69.6 Å². The Hall–Kier alpha value is -4.93. The van der Waals surface area contributed by atoms with Gasteiger partial charge in [0.05, 0.1) is 16.2 Å². The fourth-order valence-corrected chi connectivity index (χ4v) is 7.01. The van der Waals surface area contributed by atoms with Gasteiger partial charge in [-0.15, -0.1) is 11.8 Å². The van der Waals surface area contributed by atoms with Crippen LogP contribution in [0.25, 0.3) is 22.1 Å². The molecule has 2 aromatic carbocycles. The number of rotatable bonds is 14. The van der Waals surface area contributed by atoms with Crippen molar-refractivity contribution < 1.29 is 53.6 Å². The molecule has 2 heterocycles. The van der Waals surface area contributed by atoms with Gasteiger partial charge in [0.2, 0.25) is 11.8 Å². The number of aromatic hydroxyl groups is 1. The largest absolute Gasteiger partial charge is 0.506 e. The molecule has 1 aliphatic heterocycles. The van der Waals surface area contributed by atoms with E-state index in [-0.39, 0.29) is 52.0 Å². The second kappa shape index (κ2) is 15.3. The number of fused-ring (bicyclic) bond motifs is 3. The van der Waals surface area contributed by atoms with Crippen LogP contribution in [0.4, 0.5) is 0 Å². The summed E-state index contributed by atoms with van der Waals surface area (Å²) in [6.45, 7) is 5.57. The summed E-state index contributed by atoms with van der Waals surface area (Å²) >= 11 is 0.923. The van der Waals surface area contributed by atoms with Gasteiger partial charge in [0.1, 0.15) is 47.4 Å². The highest BCUT2D eigenvalue weighted by Gasteiger charge is 2.48. The van der Waals surface area contributed by atoms with E-state index in [0.717, 1.165) is 11.8 Å². The first-order valence-electron chi connectivity index (χ1n) is 15.7. The number of nitrogens with one attached hydrogen (secondary N) is 2. The van der Waals surface area contributed by atoms with Crippen LogP contribution < -0.4 is 26.7 Å². The Morgan fingerprint density at radius 2 is 1.74 bits per heavy atom. The summed E-state index contributed by atoms with van der Waals surface area (Å²) in [6.07, 6.45) is -2.01. The van der Waals surface area contributed by atoms with Crippen molar-refractivity contribution in [1.29, 1.82) is 0 Å².